The van der Waals surface area contributed by atoms with Gasteiger partial charge in [-0.2, -0.15) is 0 Å². The minimum atomic E-state index is -0.929. The molecule has 7 nitrogen and oxygen atoms in total. The monoisotopic (exact) mass is 448 g/mol. The molecule has 0 bridgehead atoms. The number of hydrogen-bond acceptors (Lipinski definition) is 4. The molecule has 2 amide bonds. The molecule has 3 aliphatic carbocycles. The van der Waals surface area contributed by atoms with E-state index in [1.54, 1.807) is 6.92 Å². The Hall–Kier alpha value is -3.35. The number of rotatable bonds is 7. The van der Waals surface area contributed by atoms with Crippen LogP contribution in [0.4, 0.5) is 4.79 Å². The number of aliphatic carboxylic acids is 1. The lowest BCUT2D eigenvalue weighted by atomic mass is 9.98. The highest BCUT2D eigenvalue weighted by molar-refractivity contribution is 5.87. The predicted molar refractivity (Wildman–Crippen MR) is 122 cm³/mol. The lowest BCUT2D eigenvalue weighted by Gasteiger charge is -2.19. The van der Waals surface area contributed by atoms with Crippen molar-refractivity contribution in [2.24, 2.45) is 17.3 Å². The highest BCUT2D eigenvalue weighted by Gasteiger charge is 2.65. The van der Waals surface area contributed by atoms with E-state index in [-0.39, 0.29) is 36.9 Å². The molecule has 3 N–H and O–H groups in total. The summed E-state index contributed by atoms with van der Waals surface area (Å²) in [7, 11) is 0. The average molecular weight is 449 g/mol. The number of benzene rings is 2. The van der Waals surface area contributed by atoms with E-state index in [9.17, 15) is 14.4 Å². The van der Waals surface area contributed by atoms with E-state index in [0.29, 0.717) is 6.42 Å². The molecule has 0 spiro atoms. The van der Waals surface area contributed by atoms with E-state index in [2.05, 4.69) is 34.9 Å². The number of fused-ring (bicyclic) bond motifs is 4. The van der Waals surface area contributed by atoms with Gasteiger partial charge in [0.15, 0.2) is 0 Å². The zero-order valence-electron chi connectivity index (χ0n) is 18.5. The van der Waals surface area contributed by atoms with Gasteiger partial charge in [-0.25, -0.2) is 4.79 Å². The number of alkyl carbamates (subject to hydrolysis) is 1. The fraction of sp³-hybridized carbons (Fsp3) is 0.423. The Balaban J connectivity index is 1.15. The molecular weight excluding hydrogens is 420 g/mol. The molecule has 33 heavy (non-hydrogen) atoms. The zero-order valence-corrected chi connectivity index (χ0v) is 18.5. The highest BCUT2D eigenvalue weighted by atomic mass is 16.5. The second-order valence-corrected chi connectivity index (χ2v) is 9.61. The minimum absolute atomic E-state index is 0.00785. The van der Waals surface area contributed by atoms with Gasteiger partial charge in [0.2, 0.25) is 5.91 Å². The van der Waals surface area contributed by atoms with Gasteiger partial charge in [-0.3, -0.25) is 9.59 Å². The number of hydrogen-bond donors (Lipinski definition) is 3. The van der Waals surface area contributed by atoms with Crippen molar-refractivity contribution in [3.05, 3.63) is 59.7 Å². The van der Waals surface area contributed by atoms with Crippen LogP contribution in [-0.4, -0.2) is 42.3 Å². The van der Waals surface area contributed by atoms with Gasteiger partial charge in [-0.05, 0) is 47.4 Å². The van der Waals surface area contributed by atoms with Gasteiger partial charge in [-0.1, -0.05) is 55.5 Å². The summed E-state index contributed by atoms with van der Waals surface area (Å²) < 4.78 is 5.63. The van der Waals surface area contributed by atoms with Crippen LogP contribution < -0.4 is 10.6 Å². The second kappa shape index (κ2) is 8.21. The summed E-state index contributed by atoms with van der Waals surface area (Å²) in [5, 5.41) is 14.7. The summed E-state index contributed by atoms with van der Waals surface area (Å²) in [6.07, 6.45) is 1.64. The van der Waals surface area contributed by atoms with Crippen molar-refractivity contribution >= 4 is 18.0 Å². The zero-order chi connectivity index (χ0) is 23.2. The Bertz CT molecular complexity index is 1070. The molecule has 2 aromatic carbocycles. The van der Waals surface area contributed by atoms with Gasteiger partial charge in [0.25, 0.3) is 0 Å². The third-order valence-corrected chi connectivity index (χ3v) is 7.52. The maximum absolute atomic E-state index is 12.7. The van der Waals surface area contributed by atoms with Gasteiger partial charge < -0.3 is 20.5 Å². The smallest absolute Gasteiger partial charge is 0.407 e. The Morgan fingerprint density at radius 2 is 1.70 bits per heavy atom. The summed E-state index contributed by atoms with van der Waals surface area (Å²) >= 11 is 0. The molecule has 1 unspecified atom stereocenters. The van der Waals surface area contributed by atoms with Crippen molar-refractivity contribution in [2.75, 3.05) is 13.2 Å². The molecule has 2 saturated carbocycles. The largest absolute Gasteiger partial charge is 0.481 e. The maximum Gasteiger partial charge on any atom is 0.407 e. The van der Waals surface area contributed by atoms with E-state index in [4.69, 9.17) is 9.84 Å². The van der Waals surface area contributed by atoms with Crippen LogP contribution in [0.15, 0.2) is 48.5 Å². The molecule has 0 aromatic heterocycles. The second-order valence-electron chi connectivity index (χ2n) is 9.61. The van der Waals surface area contributed by atoms with E-state index in [1.807, 2.05) is 24.3 Å². The van der Waals surface area contributed by atoms with E-state index < -0.39 is 23.4 Å². The van der Waals surface area contributed by atoms with Crippen LogP contribution in [0.3, 0.4) is 0 Å². The molecule has 0 radical (unpaired) electrons. The fourth-order valence-electron chi connectivity index (χ4n) is 5.60. The van der Waals surface area contributed by atoms with Gasteiger partial charge >= 0.3 is 12.1 Å². The first-order chi connectivity index (χ1) is 15.9. The Morgan fingerprint density at radius 1 is 1.06 bits per heavy atom. The molecule has 3 aliphatic rings. The number of ether oxygens (including phenoxy) is 1. The van der Waals surface area contributed by atoms with Crippen LogP contribution in [0.5, 0.6) is 0 Å². The number of amides is 2. The number of nitrogens with one attached hydrogen (secondary N) is 2. The van der Waals surface area contributed by atoms with E-state index in [0.717, 1.165) is 12.8 Å². The number of carbonyl (C=O) groups is 3. The third-order valence-electron chi connectivity index (χ3n) is 7.52. The van der Waals surface area contributed by atoms with Crippen LogP contribution in [0.1, 0.15) is 43.2 Å². The van der Waals surface area contributed by atoms with Crippen LogP contribution in [-0.2, 0) is 14.3 Å². The number of carboxylic acids is 1. The van der Waals surface area contributed by atoms with Crippen molar-refractivity contribution in [1.29, 1.82) is 0 Å². The van der Waals surface area contributed by atoms with Crippen molar-refractivity contribution in [2.45, 2.75) is 38.1 Å². The van der Waals surface area contributed by atoms with Gasteiger partial charge in [0.05, 0.1) is 11.3 Å². The SMILES string of the molecule is CC(CNC(=O)[C@]12C[C@H](NC(=O)OCC3c4ccccc4-c4ccccc43)C[C@H]1C2)C(=O)O. The van der Waals surface area contributed by atoms with Gasteiger partial charge in [0.1, 0.15) is 6.61 Å². The Kier molecular flexibility index (Phi) is 5.35. The molecule has 4 atom stereocenters. The quantitative estimate of drug-likeness (QED) is 0.601. The molecule has 0 aliphatic heterocycles. The lowest BCUT2D eigenvalue weighted by molar-refractivity contribution is -0.141. The lowest BCUT2D eigenvalue weighted by Crippen LogP contribution is -2.39. The molecule has 172 valence electrons. The molecule has 2 aromatic rings. The molecule has 5 rings (SSSR count). The van der Waals surface area contributed by atoms with E-state index >= 15 is 0 Å². The molecule has 0 saturated heterocycles. The van der Waals surface area contributed by atoms with Crippen molar-refractivity contribution in [3.63, 3.8) is 0 Å². The summed E-state index contributed by atoms with van der Waals surface area (Å²) in [4.78, 5) is 36.2. The summed E-state index contributed by atoms with van der Waals surface area (Å²) in [5.41, 5.74) is 4.23. The van der Waals surface area contributed by atoms with Crippen LogP contribution in [0.2, 0.25) is 0 Å². The first kappa shape index (κ1) is 21.5. The standard InChI is InChI=1S/C26H28N2O5/c1-15(23(29)30)13-27-24(31)26-11-16(26)10-17(12-26)28-25(32)33-14-22-20-8-4-2-6-18(20)19-7-3-5-9-21(19)22/h2-9,15-17,22H,10-14H2,1H3,(H,27,31)(H,28,32)(H,29,30)/t15?,16-,17+,26+/m0/s1. The van der Waals surface area contributed by atoms with E-state index in [1.165, 1.54) is 22.3 Å². The first-order valence-corrected chi connectivity index (χ1v) is 11.5. The normalized spacial score (nSPS) is 25.4. The van der Waals surface area contributed by atoms with Crippen LogP contribution >= 0.6 is 0 Å². The van der Waals surface area contributed by atoms with Crippen molar-refractivity contribution in [3.8, 4) is 11.1 Å². The molecule has 2 fully saturated rings. The van der Waals surface area contributed by atoms with Gasteiger partial charge in [-0.15, -0.1) is 0 Å². The van der Waals surface area contributed by atoms with Crippen LogP contribution in [0.25, 0.3) is 11.1 Å². The van der Waals surface area contributed by atoms with Gasteiger partial charge in [0, 0.05) is 18.5 Å². The topological polar surface area (TPSA) is 105 Å². The number of carboxylic acid groups (broad SMARTS) is 1. The first-order valence-electron chi connectivity index (χ1n) is 11.5. The van der Waals surface area contributed by atoms with Crippen molar-refractivity contribution in [1.82, 2.24) is 10.6 Å². The summed E-state index contributed by atoms with van der Waals surface area (Å²) in [5.74, 6) is -1.41. The highest BCUT2D eigenvalue weighted by Crippen LogP contribution is 2.63. The molecule has 0 heterocycles. The maximum atomic E-state index is 12.7. The predicted octanol–water partition coefficient (Wildman–Crippen LogP) is 3.53. The summed E-state index contributed by atoms with van der Waals surface area (Å²) in [6.45, 7) is 1.95. The molecule has 7 heteroatoms. The minimum Gasteiger partial charge on any atom is -0.481 e. The summed E-state index contributed by atoms with van der Waals surface area (Å²) in [6, 6.07) is 16.3. The molecular formula is C26H28N2O5. The Morgan fingerprint density at radius 3 is 2.33 bits per heavy atom. The Labute approximate surface area is 192 Å². The third kappa shape index (κ3) is 3.86. The van der Waals surface area contributed by atoms with Crippen molar-refractivity contribution < 1.29 is 24.2 Å². The van der Waals surface area contributed by atoms with Crippen LogP contribution in [0, 0.1) is 17.3 Å². The fourth-order valence-corrected chi connectivity index (χ4v) is 5.60. The number of carbonyl (C=O) groups excluding carboxylic acids is 2. The average Bonchev–Trinajstić information content (AvgIpc) is 3.24.